The maximum atomic E-state index is 12.5. The summed E-state index contributed by atoms with van der Waals surface area (Å²) in [6.45, 7) is 1.99. The molecule has 2 bridgehead atoms. The first-order chi connectivity index (χ1) is 11.6. The Morgan fingerprint density at radius 2 is 1.80 bits per heavy atom. The Morgan fingerprint density at radius 3 is 2.44 bits per heavy atom. The number of carbonyl (C=O) groups is 1. The van der Waals surface area contributed by atoms with Crippen LogP contribution in [-0.2, 0) is 0 Å². The molecule has 2 fully saturated rings. The zero-order valence-corrected chi connectivity index (χ0v) is 14.9. The number of H-pyrrole nitrogens is 1. The molecule has 0 spiro atoms. The van der Waals surface area contributed by atoms with Gasteiger partial charge >= 0.3 is 0 Å². The maximum Gasteiger partial charge on any atom is 0.271 e. The minimum atomic E-state index is -0.227. The Kier molecular flexibility index (Phi) is 5.01. The van der Waals surface area contributed by atoms with Gasteiger partial charge in [-0.05, 0) is 44.7 Å². The van der Waals surface area contributed by atoms with E-state index in [-0.39, 0.29) is 29.9 Å². The van der Waals surface area contributed by atoms with Crippen LogP contribution in [0.2, 0.25) is 0 Å². The molecule has 3 N–H and O–H groups in total. The van der Waals surface area contributed by atoms with Gasteiger partial charge in [0.05, 0.1) is 5.69 Å². The normalized spacial score (nSPS) is 24.6. The molecule has 7 heteroatoms. The molecule has 2 unspecified atom stereocenters. The number of halogens is 1. The summed E-state index contributed by atoms with van der Waals surface area (Å²) in [6, 6.07) is 10.2. The number of rotatable bonds is 3. The summed E-state index contributed by atoms with van der Waals surface area (Å²) in [5.41, 5.74) is 1.93. The second-order valence-corrected chi connectivity index (χ2v) is 6.96. The molecule has 2 aliphatic rings. The van der Waals surface area contributed by atoms with E-state index in [2.05, 4.69) is 15.7 Å². The highest BCUT2D eigenvalue weighted by Gasteiger charge is 2.34. The summed E-state index contributed by atoms with van der Waals surface area (Å²) in [5, 5.41) is 9.56. The molecule has 0 saturated carbocycles. The van der Waals surface area contributed by atoms with E-state index in [1.54, 1.807) is 0 Å². The van der Waals surface area contributed by atoms with Crippen molar-refractivity contribution in [1.29, 1.82) is 0 Å². The van der Waals surface area contributed by atoms with Crippen molar-refractivity contribution >= 4 is 18.3 Å². The van der Waals surface area contributed by atoms with Gasteiger partial charge in [0.25, 0.3) is 11.5 Å². The molecule has 2 atom stereocenters. The zero-order valence-electron chi connectivity index (χ0n) is 14.1. The summed E-state index contributed by atoms with van der Waals surface area (Å²) in [4.78, 5) is 24.7. The number of nitrogens with zero attached hydrogens (tertiary/aromatic N) is 1. The summed E-state index contributed by atoms with van der Waals surface area (Å²) in [6.07, 6.45) is 4.31. The van der Waals surface area contributed by atoms with Gasteiger partial charge in [-0.1, -0.05) is 17.7 Å². The maximum absolute atomic E-state index is 12.5. The standard InChI is InChI=1S/C18H22N4O2.ClH/c1-11-2-6-15(7-3-11)22-17(23)10-16(21-22)18(24)20-14-8-12-4-5-13(9-14)19-12;/h2-3,6-7,10,12-14,19,21H,4-5,8-9H2,1H3,(H,20,24);1H. The quantitative estimate of drug-likeness (QED) is 0.780. The van der Waals surface area contributed by atoms with Crippen LogP contribution in [0.1, 0.15) is 41.7 Å². The zero-order chi connectivity index (χ0) is 16.7. The molecule has 6 nitrogen and oxygen atoms in total. The minimum absolute atomic E-state index is 0. The molecule has 1 aromatic carbocycles. The van der Waals surface area contributed by atoms with Crippen LogP contribution in [0.4, 0.5) is 0 Å². The van der Waals surface area contributed by atoms with Crippen LogP contribution < -0.4 is 16.2 Å². The molecule has 2 saturated heterocycles. The lowest BCUT2D eigenvalue weighted by molar-refractivity contribution is 0.0918. The average Bonchev–Trinajstić information content (AvgIpc) is 3.11. The van der Waals surface area contributed by atoms with Gasteiger partial charge in [0.2, 0.25) is 0 Å². The number of fused-ring (bicyclic) bond motifs is 2. The number of amides is 1. The van der Waals surface area contributed by atoms with E-state index < -0.39 is 0 Å². The van der Waals surface area contributed by atoms with E-state index >= 15 is 0 Å². The van der Waals surface area contributed by atoms with E-state index in [4.69, 9.17) is 0 Å². The van der Waals surface area contributed by atoms with Gasteiger partial charge in [-0.3, -0.25) is 14.7 Å². The smallest absolute Gasteiger partial charge is 0.271 e. The highest BCUT2D eigenvalue weighted by molar-refractivity contribution is 5.92. The van der Waals surface area contributed by atoms with E-state index in [0.29, 0.717) is 17.8 Å². The van der Waals surface area contributed by atoms with Crippen molar-refractivity contribution in [1.82, 2.24) is 20.4 Å². The predicted molar refractivity (Wildman–Crippen MR) is 98.8 cm³/mol. The molecule has 4 rings (SSSR count). The molecule has 0 radical (unpaired) electrons. The van der Waals surface area contributed by atoms with Crippen molar-refractivity contribution in [2.75, 3.05) is 0 Å². The number of aromatic amines is 1. The Morgan fingerprint density at radius 1 is 1.16 bits per heavy atom. The molecule has 25 heavy (non-hydrogen) atoms. The number of carbonyl (C=O) groups excluding carboxylic acids is 1. The summed E-state index contributed by atoms with van der Waals surface area (Å²) in [7, 11) is 0. The molecular formula is C18H23ClN4O2. The number of nitrogens with one attached hydrogen (secondary N) is 3. The van der Waals surface area contributed by atoms with Crippen molar-refractivity contribution in [3.8, 4) is 5.69 Å². The van der Waals surface area contributed by atoms with Crippen molar-refractivity contribution in [3.63, 3.8) is 0 Å². The largest absolute Gasteiger partial charge is 0.348 e. The average molecular weight is 363 g/mol. The highest BCUT2D eigenvalue weighted by Crippen LogP contribution is 2.26. The molecule has 2 aliphatic heterocycles. The van der Waals surface area contributed by atoms with Crippen molar-refractivity contribution in [3.05, 3.63) is 51.9 Å². The van der Waals surface area contributed by atoms with Gasteiger partial charge < -0.3 is 10.6 Å². The summed E-state index contributed by atoms with van der Waals surface area (Å²) < 4.78 is 1.40. The molecule has 1 amide bonds. The van der Waals surface area contributed by atoms with E-state index in [1.165, 1.54) is 23.6 Å². The Hall–Kier alpha value is -2.05. The number of aryl methyl sites for hydroxylation is 1. The molecule has 134 valence electrons. The number of hydrogen-bond donors (Lipinski definition) is 3. The monoisotopic (exact) mass is 362 g/mol. The first-order valence-corrected chi connectivity index (χ1v) is 8.54. The van der Waals surface area contributed by atoms with Crippen LogP contribution in [-0.4, -0.2) is 33.8 Å². The van der Waals surface area contributed by atoms with Crippen LogP contribution in [0, 0.1) is 6.92 Å². The SMILES string of the molecule is Cc1ccc(-n2[nH]c(C(=O)NC3CC4CCC(C3)N4)cc2=O)cc1.Cl. The Bertz CT molecular complexity index is 799. The lowest BCUT2D eigenvalue weighted by Crippen LogP contribution is -2.48. The van der Waals surface area contributed by atoms with Crippen molar-refractivity contribution < 1.29 is 4.79 Å². The fraction of sp³-hybridized carbons (Fsp3) is 0.444. The highest BCUT2D eigenvalue weighted by atomic mass is 35.5. The first kappa shape index (κ1) is 17.8. The topological polar surface area (TPSA) is 78.9 Å². The van der Waals surface area contributed by atoms with Crippen LogP contribution in [0.5, 0.6) is 0 Å². The molecule has 2 aromatic rings. The van der Waals surface area contributed by atoms with Gasteiger partial charge in [-0.2, -0.15) is 0 Å². The Labute approximate surface area is 152 Å². The van der Waals surface area contributed by atoms with Gasteiger partial charge in [0.1, 0.15) is 5.69 Å². The van der Waals surface area contributed by atoms with E-state index in [9.17, 15) is 9.59 Å². The van der Waals surface area contributed by atoms with Crippen LogP contribution >= 0.6 is 12.4 Å². The predicted octanol–water partition coefficient (Wildman–Crippen LogP) is 1.91. The van der Waals surface area contributed by atoms with Crippen LogP contribution in [0.15, 0.2) is 35.1 Å². The number of aromatic nitrogens is 2. The Balaban J connectivity index is 0.00000182. The third kappa shape index (κ3) is 3.65. The number of benzene rings is 1. The van der Waals surface area contributed by atoms with Crippen LogP contribution in [0.3, 0.4) is 0 Å². The molecule has 0 aliphatic carbocycles. The summed E-state index contributed by atoms with van der Waals surface area (Å²) >= 11 is 0. The fourth-order valence-corrected chi connectivity index (χ4v) is 3.84. The van der Waals surface area contributed by atoms with Gasteiger partial charge in [0, 0.05) is 24.2 Å². The second kappa shape index (κ2) is 7.06. The molecule has 3 heterocycles. The minimum Gasteiger partial charge on any atom is -0.348 e. The van der Waals surface area contributed by atoms with E-state index in [0.717, 1.165) is 24.1 Å². The second-order valence-electron chi connectivity index (χ2n) is 6.96. The first-order valence-electron chi connectivity index (χ1n) is 8.54. The van der Waals surface area contributed by atoms with Crippen molar-refractivity contribution in [2.45, 2.75) is 50.7 Å². The number of hydrogen-bond acceptors (Lipinski definition) is 3. The lowest BCUT2D eigenvalue weighted by atomic mass is 10.00. The third-order valence-electron chi connectivity index (χ3n) is 5.07. The van der Waals surface area contributed by atoms with Gasteiger partial charge in [-0.25, -0.2) is 4.68 Å². The van der Waals surface area contributed by atoms with Crippen molar-refractivity contribution in [2.24, 2.45) is 0 Å². The lowest BCUT2D eigenvalue weighted by Gasteiger charge is -2.29. The van der Waals surface area contributed by atoms with Gasteiger partial charge in [0.15, 0.2) is 0 Å². The number of piperidine rings is 1. The third-order valence-corrected chi connectivity index (χ3v) is 5.07. The van der Waals surface area contributed by atoms with Gasteiger partial charge in [-0.15, -0.1) is 12.4 Å². The molecular weight excluding hydrogens is 340 g/mol. The summed E-state index contributed by atoms with van der Waals surface area (Å²) in [5.74, 6) is -0.204. The van der Waals surface area contributed by atoms with Crippen LogP contribution in [0.25, 0.3) is 5.69 Å². The van der Waals surface area contributed by atoms with E-state index in [1.807, 2.05) is 31.2 Å². The molecule has 1 aromatic heterocycles. The fourth-order valence-electron chi connectivity index (χ4n) is 3.84.